The van der Waals surface area contributed by atoms with Crippen molar-refractivity contribution in [2.45, 2.75) is 18.7 Å². The molecule has 2 aliphatic heterocycles. The van der Waals surface area contributed by atoms with Crippen molar-refractivity contribution in [1.82, 2.24) is 20.2 Å². The van der Waals surface area contributed by atoms with Gasteiger partial charge in [0.15, 0.2) is 0 Å². The SMILES string of the molecule is Cc1cc(C)nc(NS(=O)(=O)c2ccc(N=C3C(=O)N(CN4CCNCC4)c4ccccc43)cc2)n1. The summed E-state index contributed by atoms with van der Waals surface area (Å²) in [5.74, 6) is -0.144. The monoisotopic (exact) mass is 505 g/mol. The van der Waals surface area contributed by atoms with E-state index in [2.05, 4.69) is 29.9 Å². The molecule has 1 fully saturated rings. The normalized spacial score (nSPS) is 17.4. The molecule has 11 heteroatoms. The summed E-state index contributed by atoms with van der Waals surface area (Å²) in [6, 6.07) is 15.4. The minimum absolute atomic E-state index is 0.0227. The Labute approximate surface area is 210 Å². The number of anilines is 2. The summed E-state index contributed by atoms with van der Waals surface area (Å²) in [5, 5.41) is 3.32. The number of hydrogen-bond acceptors (Lipinski definition) is 8. The fraction of sp³-hybridized carbons (Fsp3) is 0.280. The molecule has 1 saturated heterocycles. The fourth-order valence-corrected chi connectivity index (χ4v) is 5.29. The highest BCUT2D eigenvalue weighted by molar-refractivity contribution is 7.92. The van der Waals surface area contributed by atoms with Gasteiger partial charge in [-0.05, 0) is 50.2 Å². The standard InChI is InChI=1S/C25H27N7O3S/c1-17-15-18(2)28-25(27-17)30-36(34,35)20-9-7-19(8-10-20)29-23-21-5-3-4-6-22(21)32(24(23)33)16-31-13-11-26-12-14-31/h3-10,15,26H,11-14,16H2,1-2H3,(H,27,28,30). The predicted molar refractivity (Wildman–Crippen MR) is 138 cm³/mol. The first kappa shape index (κ1) is 24.0. The second-order valence-electron chi connectivity index (χ2n) is 8.79. The van der Waals surface area contributed by atoms with Crippen LogP contribution in [0.15, 0.2) is 64.5 Å². The average Bonchev–Trinajstić information content (AvgIpc) is 3.10. The Morgan fingerprint density at radius 3 is 2.36 bits per heavy atom. The molecule has 0 radical (unpaired) electrons. The molecule has 1 aromatic heterocycles. The Balaban J connectivity index is 1.38. The number of amides is 1. The van der Waals surface area contributed by atoms with E-state index in [0.717, 1.165) is 37.4 Å². The smallest absolute Gasteiger partial charge is 0.278 e. The summed E-state index contributed by atoms with van der Waals surface area (Å²) in [5.41, 5.74) is 3.76. The van der Waals surface area contributed by atoms with Gasteiger partial charge >= 0.3 is 0 Å². The molecule has 3 aromatic rings. The minimum atomic E-state index is -3.88. The number of piperazine rings is 1. The summed E-state index contributed by atoms with van der Waals surface area (Å²) in [6.45, 7) is 7.57. The number of benzene rings is 2. The molecule has 0 atom stereocenters. The molecule has 2 N–H and O–H groups in total. The summed E-state index contributed by atoms with van der Waals surface area (Å²) >= 11 is 0. The van der Waals surface area contributed by atoms with Crippen LogP contribution in [0.5, 0.6) is 0 Å². The van der Waals surface area contributed by atoms with Gasteiger partial charge in [-0.2, -0.15) is 0 Å². The van der Waals surface area contributed by atoms with Gasteiger partial charge in [0.05, 0.1) is 22.9 Å². The predicted octanol–water partition coefficient (Wildman–Crippen LogP) is 2.22. The molecule has 0 bridgehead atoms. The molecular formula is C25H27N7O3S. The van der Waals surface area contributed by atoms with Gasteiger partial charge in [0.2, 0.25) is 5.95 Å². The van der Waals surface area contributed by atoms with Crippen molar-refractivity contribution in [3.63, 3.8) is 0 Å². The molecule has 186 valence electrons. The lowest BCUT2D eigenvalue weighted by atomic mass is 10.1. The van der Waals surface area contributed by atoms with E-state index >= 15 is 0 Å². The van der Waals surface area contributed by atoms with E-state index in [4.69, 9.17) is 0 Å². The molecule has 0 spiro atoms. The molecule has 36 heavy (non-hydrogen) atoms. The Kier molecular flexibility index (Phi) is 6.52. The largest absolute Gasteiger partial charge is 0.314 e. The first-order valence-electron chi connectivity index (χ1n) is 11.7. The van der Waals surface area contributed by atoms with Crippen LogP contribution in [0.2, 0.25) is 0 Å². The van der Waals surface area contributed by atoms with E-state index < -0.39 is 10.0 Å². The molecular weight excluding hydrogens is 478 g/mol. The highest BCUT2D eigenvalue weighted by atomic mass is 32.2. The maximum atomic E-state index is 13.4. The molecule has 10 nitrogen and oxygen atoms in total. The van der Waals surface area contributed by atoms with E-state index in [1.54, 1.807) is 36.9 Å². The number of aliphatic imine (C=N–C) groups is 1. The Bertz CT molecular complexity index is 1410. The molecule has 2 aliphatic rings. The van der Waals surface area contributed by atoms with Crippen molar-refractivity contribution >= 4 is 39.0 Å². The quantitative estimate of drug-likeness (QED) is 0.527. The summed E-state index contributed by atoms with van der Waals surface area (Å²) < 4.78 is 28.1. The van der Waals surface area contributed by atoms with Gasteiger partial charge in [-0.3, -0.25) is 14.6 Å². The number of para-hydroxylation sites is 1. The van der Waals surface area contributed by atoms with Gasteiger partial charge < -0.3 is 5.32 Å². The average molecular weight is 506 g/mol. The third-order valence-electron chi connectivity index (χ3n) is 6.04. The van der Waals surface area contributed by atoms with Gasteiger partial charge in [-0.25, -0.2) is 28.1 Å². The van der Waals surface area contributed by atoms with Crippen molar-refractivity contribution < 1.29 is 13.2 Å². The topological polar surface area (TPSA) is 120 Å². The van der Waals surface area contributed by atoms with Crippen LogP contribution >= 0.6 is 0 Å². The fourth-order valence-electron chi connectivity index (χ4n) is 4.34. The minimum Gasteiger partial charge on any atom is -0.314 e. The second kappa shape index (κ2) is 9.76. The maximum Gasteiger partial charge on any atom is 0.278 e. The van der Waals surface area contributed by atoms with Gasteiger partial charge in [0, 0.05) is 43.1 Å². The lowest BCUT2D eigenvalue weighted by Gasteiger charge is -2.31. The number of fused-ring (bicyclic) bond motifs is 1. The zero-order valence-electron chi connectivity index (χ0n) is 20.1. The van der Waals surface area contributed by atoms with Crippen LogP contribution in [0.4, 0.5) is 17.3 Å². The Morgan fingerprint density at radius 2 is 1.67 bits per heavy atom. The van der Waals surface area contributed by atoms with Crippen molar-refractivity contribution in [2.24, 2.45) is 4.99 Å². The third-order valence-corrected chi connectivity index (χ3v) is 7.39. The lowest BCUT2D eigenvalue weighted by molar-refractivity contribution is -0.112. The van der Waals surface area contributed by atoms with Crippen LogP contribution < -0.4 is 14.9 Å². The number of nitrogens with zero attached hydrogens (tertiary/aromatic N) is 5. The van der Waals surface area contributed by atoms with Gasteiger partial charge in [-0.15, -0.1) is 0 Å². The lowest BCUT2D eigenvalue weighted by Crippen LogP contribution is -2.49. The number of rotatable bonds is 6. The van der Waals surface area contributed by atoms with Gasteiger partial charge in [-0.1, -0.05) is 18.2 Å². The van der Waals surface area contributed by atoms with E-state index in [1.165, 1.54) is 12.1 Å². The van der Waals surface area contributed by atoms with E-state index in [-0.39, 0.29) is 16.8 Å². The van der Waals surface area contributed by atoms with Crippen LogP contribution in [-0.2, 0) is 14.8 Å². The summed E-state index contributed by atoms with van der Waals surface area (Å²) in [7, 11) is -3.88. The number of carbonyl (C=O) groups is 1. The molecule has 0 aliphatic carbocycles. The van der Waals surface area contributed by atoms with Gasteiger partial charge in [0.25, 0.3) is 15.9 Å². The first-order chi connectivity index (χ1) is 17.3. The summed E-state index contributed by atoms with van der Waals surface area (Å²) in [6.07, 6.45) is 0. The number of aromatic nitrogens is 2. The zero-order valence-corrected chi connectivity index (χ0v) is 20.9. The molecule has 5 rings (SSSR count). The van der Waals surface area contributed by atoms with Crippen LogP contribution in [0.25, 0.3) is 0 Å². The Morgan fingerprint density at radius 1 is 1.00 bits per heavy atom. The first-order valence-corrected chi connectivity index (χ1v) is 13.2. The number of sulfonamides is 1. The molecule has 0 unspecified atom stereocenters. The van der Waals surface area contributed by atoms with E-state index in [9.17, 15) is 13.2 Å². The zero-order chi connectivity index (χ0) is 25.3. The van der Waals surface area contributed by atoms with Crippen molar-refractivity contribution in [1.29, 1.82) is 0 Å². The molecule has 1 amide bonds. The van der Waals surface area contributed by atoms with Crippen LogP contribution in [-0.4, -0.2) is 67.8 Å². The number of nitrogens with one attached hydrogen (secondary N) is 2. The maximum absolute atomic E-state index is 13.4. The van der Waals surface area contributed by atoms with Gasteiger partial charge in [0.1, 0.15) is 5.71 Å². The highest BCUT2D eigenvalue weighted by Crippen LogP contribution is 2.31. The van der Waals surface area contributed by atoms with Crippen LogP contribution in [0.1, 0.15) is 17.0 Å². The van der Waals surface area contributed by atoms with Crippen LogP contribution in [0, 0.1) is 13.8 Å². The van der Waals surface area contributed by atoms with Crippen molar-refractivity contribution in [3.05, 3.63) is 71.5 Å². The Hall–Kier alpha value is -3.67. The highest BCUT2D eigenvalue weighted by Gasteiger charge is 2.34. The third kappa shape index (κ3) is 4.99. The number of aryl methyl sites for hydroxylation is 2. The number of carbonyl (C=O) groups excluding carboxylic acids is 1. The van der Waals surface area contributed by atoms with Crippen molar-refractivity contribution in [3.8, 4) is 0 Å². The van der Waals surface area contributed by atoms with Crippen molar-refractivity contribution in [2.75, 3.05) is 42.5 Å². The molecule has 0 saturated carbocycles. The number of hydrogen-bond donors (Lipinski definition) is 2. The molecule has 2 aromatic carbocycles. The molecule has 3 heterocycles. The summed E-state index contributed by atoms with van der Waals surface area (Å²) in [4.78, 5) is 30.3. The van der Waals surface area contributed by atoms with Crippen LogP contribution in [0.3, 0.4) is 0 Å². The second-order valence-corrected chi connectivity index (χ2v) is 10.5. The van der Waals surface area contributed by atoms with E-state index in [0.29, 0.717) is 29.5 Å². The van der Waals surface area contributed by atoms with E-state index in [1.807, 2.05) is 24.3 Å².